The van der Waals surface area contributed by atoms with Gasteiger partial charge in [-0.2, -0.15) is 0 Å². The first kappa shape index (κ1) is 15.0. The fourth-order valence-electron chi connectivity index (χ4n) is 1.76. The molecule has 0 heterocycles. The molecule has 0 spiro atoms. The molecule has 0 aliphatic rings. The van der Waals surface area contributed by atoms with Gasteiger partial charge in [0, 0.05) is 11.5 Å². The molecule has 3 heteroatoms. The Morgan fingerprint density at radius 1 is 1.32 bits per heavy atom. The number of methoxy groups -OCH3 is 2. The Morgan fingerprint density at radius 3 is 2.42 bits per heavy atom. The number of hydrogen-bond donors (Lipinski definition) is 0. The van der Waals surface area contributed by atoms with Gasteiger partial charge < -0.3 is 9.47 Å². The van der Waals surface area contributed by atoms with Crippen LogP contribution in [-0.2, 0) is 14.9 Å². The van der Waals surface area contributed by atoms with Crippen molar-refractivity contribution in [2.45, 2.75) is 18.8 Å². The number of benzene rings is 1. The smallest absolute Gasteiger partial charge is 0.330 e. The average Bonchev–Trinajstić information content (AvgIpc) is 2.46. The molecular weight excluding hydrogens is 240 g/mol. The van der Waals surface area contributed by atoms with Crippen LogP contribution in [0, 0.1) is 0 Å². The highest BCUT2D eigenvalue weighted by molar-refractivity contribution is 5.81. The highest BCUT2D eigenvalue weighted by Gasteiger charge is 2.21. The van der Waals surface area contributed by atoms with Crippen LogP contribution in [0.2, 0.25) is 0 Å². The van der Waals surface area contributed by atoms with Gasteiger partial charge in [-0.05, 0) is 24.1 Å². The van der Waals surface area contributed by atoms with Crippen molar-refractivity contribution in [3.8, 4) is 5.75 Å². The van der Waals surface area contributed by atoms with Crippen molar-refractivity contribution in [3.63, 3.8) is 0 Å². The summed E-state index contributed by atoms with van der Waals surface area (Å²) < 4.78 is 9.71. The normalized spacial score (nSPS) is 13.8. The lowest BCUT2D eigenvalue weighted by molar-refractivity contribution is -0.134. The van der Waals surface area contributed by atoms with Crippen LogP contribution in [0.15, 0.2) is 49.1 Å². The monoisotopic (exact) mass is 260 g/mol. The molecule has 0 bridgehead atoms. The average molecular weight is 260 g/mol. The number of carbonyl (C=O) groups is 1. The molecule has 0 saturated heterocycles. The molecule has 1 rings (SSSR count). The fraction of sp³-hybridized carbons (Fsp3) is 0.312. The molecule has 19 heavy (non-hydrogen) atoms. The van der Waals surface area contributed by atoms with Gasteiger partial charge in [0.25, 0.3) is 0 Å². The molecule has 3 nitrogen and oxygen atoms in total. The molecule has 0 fully saturated rings. The predicted octanol–water partition coefficient (Wildman–Crippen LogP) is 3.26. The molecular formula is C16H20O3. The third-order valence-electron chi connectivity index (χ3n) is 3.20. The summed E-state index contributed by atoms with van der Waals surface area (Å²) in [7, 11) is 3.00. The Labute approximate surface area is 114 Å². The van der Waals surface area contributed by atoms with Crippen molar-refractivity contribution < 1.29 is 14.3 Å². The van der Waals surface area contributed by atoms with Gasteiger partial charge in [0.05, 0.1) is 14.2 Å². The third-order valence-corrected chi connectivity index (χ3v) is 3.20. The Hall–Kier alpha value is -2.03. The van der Waals surface area contributed by atoms with Gasteiger partial charge in [-0.15, -0.1) is 6.58 Å². The van der Waals surface area contributed by atoms with E-state index in [1.54, 1.807) is 13.2 Å². The molecule has 0 aliphatic heterocycles. The van der Waals surface area contributed by atoms with E-state index >= 15 is 0 Å². The predicted molar refractivity (Wildman–Crippen MR) is 76.3 cm³/mol. The topological polar surface area (TPSA) is 35.5 Å². The first-order valence-corrected chi connectivity index (χ1v) is 6.08. The molecule has 1 atom stereocenters. The van der Waals surface area contributed by atoms with Crippen LogP contribution in [0.3, 0.4) is 0 Å². The molecule has 1 aromatic rings. The van der Waals surface area contributed by atoms with Crippen molar-refractivity contribution in [1.82, 2.24) is 0 Å². The first-order valence-electron chi connectivity index (χ1n) is 6.08. The zero-order chi connectivity index (χ0) is 14.3. The molecule has 1 aromatic carbocycles. The Bertz CT molecular complexity index is 459. The van der Waals surface area contributed by atoms with Crippen LogP contribution < -0.4 is 4.74 Å². The first-order chi connectivity index (χ1) is 9.05. The lowest BCUT2D eigenvalue weighted by Gasteiger charge is -2.25. The zero-order valence-electron chi connectivity index (χ0n) is 11.7. The Morgan fingerprint density at radius 2 is 1.95 bits per heavy atom. The zero-order valence-corrected chi connectivity index (χ0v) is 11.7. The summed E-state index contributed by atoms with van der Waals surface area (Å²) in [6, 6.07) is 7.85. The number of hydrogen-bond acceptors (Lipinski definition) is 3. The van der Waals surface area contributed by atoms with E-state index in [0.29, 0.717) is 6.42 Å². The van der Waals surface area contributed by atoms with Crippen LogP contribution in [0.5, 0.6) is 5.75 Å². The van der Waals surface area contributed by atoms with Crippen LogP contribution >= 0.6 is 0 Å². The fourth-order valence-corrected chi connectivity index (χ4v) is 1.76. The second-order valence-electron chi connectivity index (χ2n) is 4.48. The SMILES string of the molecule is C=C[C@@](C)(C/C=C/C(=O)OC)c1ccc(OC)cc1. The molecule has 0 saturated carbocycles. The van der Waals surface area contributed by atoms with E-state index < -0.39 is 0 Å². The number of carbonyl (C=O) groups excluding carboxylic acids is 1. The van der Waals surface area contributed by atoms with E-state index in [-0.39, 0.29) is 11.4 Å². The van der Waals surface area contributed by atoms with Crippen molar-refractivity contribution in [2.75, 3.05) is 14.2 Å². The summed E-state index contributed by atoms with van der Waals surface area (Å²) in [4.78, 5) is 11.1. The number of rotatable bonds is 6. The maximum Gasteiger partial charge on any atom is 0.330 e. The standard InChI is InChI=1S/C16H20O3/c1-5-16(2,12-6-7-15(17)19-4)13-8-10-14(18-3)11-9-13/h5-11H,1,12H2,2-4H3/b7-6+/t16-/m0/s1. The van der Waals surface area contributed by atoms with Gasteiger partial charge in [-0.3, -0.25) is 0 Å². The number of esters is 1. The van der Waals surface area contributed by atoms with Gasteiger partial charge in [0.2, 0.25) is 0 Å². The summed E-state index contributed by atoms with van der Waals surface area (Å²) >= 11 is 0. The summed E-state index contributed by atoms with van der Waals surface area (Å²) in [5.74, 6) is 0.474. The van der Waals surface area contributed by atoms with Gasteiger partial charge in [-0.1, -0.05) is 31.2 Å². The Kier molecular flexibility index (Phi) is 5.37. The van der Waals surface area contributed by atoms with E-state index in [9.17, 15) is 4.79 Å². The summed E-state index contributed by atoms with van der Waals surface area (Å²) in [6.45, 7) is 5.96. The van der Waals surface area contributed by atoms with Crippen molar-refractivity contribution in [2.24, 2.45) is 0 Å². The largest absolute Gasteiger partial charge is 0.497 e. The minimum absolute atomic E-state index is 0.225. The molecule has 0 N–H and O–H groups in total. The van der Waals surface area contributed by atoms with E-state index in [4.69, 9.17) is 4.74 Å². The highest BCUT2D eigenvalue weighted by atomic mass is 16.5. The second-order valence-corrected chi connectivity index (χ2v) is 4.48. The van der Waals surface area contributed by atoms with Crippen molar-refractivity contribution in [3.05, 3.63) is 54.6 Å². The van der Waals surface area contributed by atoms with Gasteiger partial charge in [0.15, 0.2) is 0 Å². The minimum Gasteiger partial charge on any atom is -0.497 e. The number of allylic oxidation sites excluding steroid dienone is 2. The summed E-state index contributed by atoms with van der Waals surface area (Å²) in [6.07, 6.45) is 5.80. The van der Waals surface area contributed by atoms with Gasteiger partial charge >= 0.3 is 5.97 Å². The lowest BCUT2D eigenvalue weighted by Crippen LogP contribution is -2.17. The number of ether oxygens (including phenoxy) is 2. The van der Waals surface area contributed by atoms with Crippen LogP contribution in [0.1, 0.15) is 18.9 Å². The van der Waals surface area contributed by atoms with E-state index in [2.05, 4.69) is 18.2 Å². The highest BCUT2D eigenvalue weighted by Crippen LogP contribution is 2.30. The quantitative estimate of drug-likeness (QED) is 0.447. The molecule has 0 aliphatic carbocycles. The molecule has 0 amide bonds. The molecule has 102 valence electrons. The lowest BCUT2D eigenvalue weighted by atomic mass is 9.79. The molecule has 0 aromatic heterocycles. The maximum absolute atomic E-state index is 11.1. The van der Waals surface area contributed by atoms with E-state index in [1.165, 1.54) is 13.2 Å². The van der Waals surface area contributed by atoms with E-state index in [0.717, 1.165) is 11.3 Å². The maximum atomic E-state index is 11.1. The van der Waals surface area contributed by atoms with E-state index in [1.807, 2.05) is 30.3 Å². The molecule has 0 unspecified atom stereocenters. The van der Waals surface area contributed by atoms with Crippen LogP contribution in [0.4, 0.5) is 0 Å². The van der Waals surface area contributed by atoms with Crippen molar-refractivity contribution in [1.29, 1.82) is 0 Å². The Balaban J connectivity index is 2.86. The second kappa shape index (κ2) is 6.78. The third kappa shape index (κ3) is 3.98. The summed E-state index contributed by atoms with van der Waals surface area (Å²) in [5.41, 5.74) is 0.898. The van der Waals surface area contributed by atoms with Gasteiger partial charge in [-0.25, -0.2) is 4.79 Å². The van der Waals surface area contributed by atoms with Crippen LogP contribution in [-0.4, -0.2) is 20.2 Å². The summed E-state index contributed by atoms with van der Waals surface area (Å²) in [5, 5.41) is 0. The minimum atomic E-state index is -0.346. The van der Waals surface area contributed by atoms with Crippen molar-refractivity contribution >= 4 is 5.97 Å². The van der Waals surface area contributed by atoms with Crippen LogP contribution in [0.25, 0.3) is 0 Å². The molecule has 0 radical (unpaired) electrons. The van der Waals surface area contributed by atoms with Gasteiger partial charge in [0.1, 0.15) is 5.75 Å².